The van der Waals surface area contributed by atoms with Gasteiger partial charge in [0.25, 0.3) is 0 Å². The van der Waals surface area contributed by atoms with E-state index in [-0.39, 0.29) is 0 Å². The van der Waals surface area contributed by atoms with E-state index in [0.717, 1.165) is 26.1 Å². The third-order valence-electron chi connectivity index (χ3n) is 3.77. The zero-order valence-electron chi connectivity index (χ0n) is 10.7. The molecule has 0 radical (unpaired) electrons. The Morgan fingerprint density at radius 1 is 1.26 bits per heavy atom. The standard InChI is InChI=1S/C15H17BrN2S/c16-14-5-6-19-15(14)10-18-9-12-4-2-1-3-11(12)7-13(18)8-17/h1-6,13H,7-10,17H2. The van der Waals surface area contributed by atoms with E-state index in [1.54, 1.807) is 0 Å². The summed E-state index contributed by atoms with van der Waals surface area (Å²) in [5, 5.41) is 2.13. The van der Waals surface area contributed by atoms with Crippen LogP contribution < -0.4 is 5.73 Å². The summed E-state index contributed by atoms with van der Waals surface area (Å²) in [6.45, 7) is 2.70. The van der Waals surface area contributed by atoms with E-state index in [9.17, 15) is 0 Å². The number of hydrogen-bond donors (Lipinski definition) is 1. The van der Waals surface area contributed by atoms with Crippen molar-refractivity contribution in [2.24, 2.45) is 5.73 Å². The van der Waals surface area contributed by atoms with E-state index in [4.69, 9.17) is 5.73 Å². The van der Waals surface area contributed by atoms with Gasteiger partial charge in [0.1, 0.15) is 0 Å². The highest BCUT2D eigenvalue weighted by Crippen LogP contribution is 2.29. The van der Waals surface area contributed by atoms with Gasteiger partial charge in [-0.15, -0.1) is 11.3 Å². The Bertz CT molecular complexity index is 567. The molecule has 0 saturated carbocycles. The van der Waals surface area contributed by atoms with E-state index in [1.807, 2.05) is 11.3 Å². The van der Waals surface area contributed by atoms with Gasteiger partial charge in [-0.1, -0.05) is 24.3 Å². The molecular formula is C15H17BrN2S. The van der Waals surface area contributed by atoms with Crippen molar-refractivity contribution in [2.75, 3.05) is 6.54 Å². The Morgan fingerprint density at radius 3 is 2.74 bits per heavy atom. The molecule has 100 valence electrons. The van der Waals surface area contributed by atoms with Gasteiger partial charge in [0, 0.05) is 35.0 Å². The SMILES string of the molecule is NCC1Cc2ccccc2CN1Cc1sccc1Br. The van der Waals surface area contributed by atoms with Crippen molar-refractivity contribution in [3.63, 3.8) is 0 Å². The molecule has 0 saturated heterocycles. The largest absolute Gasteiger partial charge is 0.329 e. The van der Waals surface area contributed by atoms with Gasteiger partial charge in [-0.25, -0.2) is 0 Å². The molecule has 1 aromatic heterocycles. The summed E-state index contributed by atoms with van der Waals surface area (Å²) < 4.78 is 1.21. The van der Waals surface area contributed by atoms with E-state index >= 15 is 0 Å². The first-order valence-corrected chi connectivity index (χ1v) is 8.18. The third kappa shape index (κ3) is 2.77. The molecule has 0 aliphatic carbocycles. The van der Waals surface area contributed by atoms with Gasteiger partial charge in [-0.05, 0) is 44.9 Å². The number of nitrogens with zero attached hydrogens (tertiary/aromatic N) is 1. The van der Waals surface area contributed by atoms with Crippen LogP contribution in [-0.4, -0.2) is 17.5 Å². The molecule has 4 heteroatoms. The molecule has 3 rings (SSSR count). The second kappa shape index (κ2) is 5.75. The Morgan fingerprint density at radius 2 is 2.05 bits per heavy atom. The van der Waals surface area contributed by atoms with Crippen molar-refractivity contribution in [3.05, 3.63) is 56.2 Å². The average molecular weight is 337 g/mol. The quantitative estimate of drug-likeness (QED) is 0.930. The minimum Gasteiger partial charge on any atom is -0.329 e. The van der Waals surface area contributed by atoms with E-state index < -0.39 is 0 Å². The van der Waals surface area contributed by atoms with Crippen LogP contribution in [0.5, 0.6) is 0 Å². The normalized spacial score (nSPS) is 19.4. The van der Waals surface area contributed by atoms with Crippen LogP contribution >= 0.6 is 27.3 Å². The van der Waals surface area contributed by atoms with Gasteiger partial charge in [-0.3, -0.25) is 4.90 Å². The zero-order chi connectivity index (χ0) is 13.2. The van der Waals surface area contributed by atoms with Crippen molar-refractivity contribution >= 4 is 27.3 Å². The summed E-state index contributed by atoms with van der Waals surface area (Å²) in [5.74, 6) is 0. The molecule has 19 heavy (non-hydrogen) atoms. The first-order valence-electron chi connectivity index (χ1n) is 6.50. The Labute approximate surface area is 126 Å². The van der Waals surface area contributed by atoms with Gasteiger partial charge in [0.2, 0.25) is 0 Å². The fourth-order valence-corrected chi connectivity index (χ4v) is 4.18. The van der Waals surface area contributed by atoms with E-state index in [2.05, 4.69) is 56.5 Å². The topological polar surface area (TPSA) is 29.3 Å². The van der Waals surface area contributed by atoms with Crippen molar-refractivity contribution in [1.29, 1.82) is 0 Å². The number of hydrogen-bond acceptors (Lipinski definition) is 3. The molecular weight excluding hydrogens is 320 g/mol. The number of thiophene rings is 1. The zero-order valence-corrected chi connectivity index (χ0v) is 13.1. The lowest BCUT2D eigenvalue weighted by atomic mass is 9.94. The maximum atomic E-state index is 5.97. The van der Waals surface area contributed by atoms with Crippen LogP contribution in [0.2, 0.25) is 0 Å². The van der Waals surface area contributed by atoms with Crippen LogP contribution in [0, 0.1) is 0 Å². The van der Waals surface area contributed by atoms with Crippen molar-refractivity contribution in [3.8, 4) is 0 Å². The van der Waals surface area contributed by atoms with Crippen molar-refractivity contribution in [2.45, 2.75) is 25.6 Å². The Kier molecular flexibility index (Phi) is 4.03. The molecule has 1 aliphatic rings. The Hall–Kier alpha value is -0.680. The lowest BCUT2D eigenvalue weighted by Crippen LogP contribution is -2.44. The first kappa shape index (κ1) is 13.3. The lowest BCUT2D eigenvalue weighted by Gasteiger charge is -2.36. The average Bonchev–Trinajstić information content (AvgIpc) is 2.83. The molecule has 1 aliphatic heterocycles. The predicted octanol–water partition coefficient (Wildman–Crippen LogP) is 3.40. The number of rotatable bonds is 3. The van der Waals surface area contributed by atoms with Crippen LogP contribution in [0.3, 0.4) is 0 Å². The molecule has 0 amide bonds. The summed E-state index contributed by atoms with van der Waals surface area (Å²) >= 11 is 5.43. The van der Waals surface area contributed by atoms with Gasteiger partial charge in [0.05, 0.1) is 0 Å². The summed E-state index contributed by atoms with van der Waals surface area (Å²) in [5.41, 5.74) is 8.87. The van der Waals surface area contributed by atoms with Gasteiger partial charge in [0.15, 0.2) is 0 Å². The molecule has 0 fully saturated rings. The summed E-state index contributed by atoms with van der Waals surface area (Å²) in [4.78, 5) is 3.89. The van der Waals surface area contributed by atoms with Gasteiger partial charge in [-0.2, -0.15) is 0 Å². The maximum absolute atomic E-state index is 5.97. The molecule has 2 nitrogen and oxygen atoms in total. The summed E-state index contributed by atoms with van der Waals surface area (Å²) in [6, 6.07) is 11.3. The van der Waals surface area contributed by atoms with Crippen LogP contribution in [0.1, 0.15) is 16.0 Å². The number of benzene rings is 1. The minimum absolute atomic E-state index is 0.448. The molecule has 2 heterocycles. The second-order valence-corrected chi connectivity index (χ2v) is 6.81. The molecule has 1 unspecified atom stereocenters. The van der Waals surface area contributed by atoms with E-state index in [1.165, 1.54) is 20.5 Å². The number of fused-ring (bicyclic) bond motifs is 1. The highest BCUT2D eigenvalue weighted by molar-refractivity contribution is 9.10. The fraction of sp³-hybridized carbons (Fsp3) is 0.333. The smallest absolute Gasteiger partial charge is 0.0346 e. The molecule has 2 N–H and O–H groups in total. The molecule has 1 aromatic carbocycles. The molecule has 0 spiro atoms. The molecule has 2 aromatic rings. The van der Waals surface area contributed by atoms with Crippen molar-refractivity contribution in [1.82, 2.24) is 4.90 Å². The van der Waals surface area contributed by atoms with Gasteiger partial charge >= 0.3 is 0 Å². The van der Waals surface area contributed by atoms with Crippen LogP contribution in [0.4, 0.5) is 0 Å². The van der Waals surface area contributed by atoms with E-state index in [0.29, 0.717) is 6.04 Å². The van der Waals surface area contributed by atoms with Crippen LogP contribution in [-0.2, 0) is 19.5 Å². The summed E-state index contributed by atoms with van der Waals surface area (Å²) in [7, 11) is 0. The monoisotopic (exact) mass is 336 g/mol. The summed E-state index contributed by atoms with van der Waals surface area (Å²) in [6.07, 6.45) is 1.07. The van der Waals surface area contributed by atoms with Crippen LogP contribution in [0.25, 0.3) is 0 Å². The third-order valence-corrected chi connectivity index (χ3v) is 5.68. The number of nitrogens with two attached hydrogens (primary N) is 1. The molecule has 1 atom stereocenters. The Balaban J connectivity index is 1.83. The number of halogens is 1. The van der Waals surface area contributed by atoms with Gasteiger partial charge < -0.3 is 5.73 Å². The second-order valence-electron chi connectivity index (χ2n) is 4.96. The first-order chi connectivity index (χ1) is 9.28. The molecule has 0 bridgehead atoms. The highest BCUT2D eigenvalue weighted by Gasteiger charge is 2.25. The fourth-order valence-electron chi connectivity index (χ4n) is 2.68. The van der Waals surface area contributed by atoms with Crippen molar-refractivity contribution < 1.29 is 0 Å². The van der Waals surface area contributed by atoms with Crippen LogP contribution in [0.15, 0.2) is 40.2 Å². The maximum Gasteiger partial charge on any atom is 0.0346 e. The highest BCUT2D eigenvalue weighted by atomic mass is 79.9. The minimum atomic E-state index is 0.448. The predicted molar refractivity (Wildman–Crippen MR) is 84.3 cm³/mol. The lowest BCUT2D eigenvalue weighted by molar-refractivity contribution is 0.168.